The van der Waals surface area contributed by atoms with Crippen molar-refractivity contribution in [2.45, 2.75) is 30.6 Å². The second kappa shape index (κ2) is 9.14. The van der Waals surface area contributed by atoms with Crippen molar-refractivity contribution in [3.05, 3.63) is 76.1 Å². The van der Waals surface area contributed by atoms with E-state index < -0.39 is 54.7 Å². The number of rotatable bonds is 5. The molecule has 32 heavy (non-hydrogen) atoms. The highest BCUT2D eigenvalue weighted by molar-refractivity contribution is 6.30. The third-order valence-electron chi connectivity index (χ3n) is 5.06. The highest BCUT2D eigenvalue weighted by atomic mass is 35.5. The number of aliphatic hydroxyl groups is 3. The molecule has 5 atom stereocenters. The van der Waals surface area contributed by atoms with Crippen LogP contribution in [0.4, 0.5) is 13.2 Å². The Morgan fingerprint density at radius 3 is 2.38 bits per heavy atom. The number of nitrogens with one attached hydrogen (secondary N) is 1. The third-order valence-corrected chi connectivity index (χ3v) is 5.31. The lowest BCUT2D eigenvalue weighted by Crippen LogP contribution is -2.65. The van der Waals surface area contributed by atoms with Crippen LogP contribution in [-0.4, -0.2) is 57.6 Å². The first-order valence-electron chi connectivity index (χ1n) is 9.44. The lowest BCUT2D eigenvalue weighted by Gasteiger charge is -2.46. The van der Waals surface area contributed by atoms with Crippen molar-refractivity contribution in [1.29, 1.82) is 0 Å². The largest absolute Gasteiger partial charge is 0.602 e. The Hall–Kier alpha value is -2.54. The van der Waals surface area contributed by atoms with E-state index in [2.05, 4.69) is 11.0 Å². The number of benzene rings is 2. The molecule has 0 amide bonds. The highest BCUT2D eigenvalue weighted by Crippen LogP contribution is 2.33. The minimum atomic E-state index is -1.61. The van der Waals surface area contributed by atoms with Gasteiger partial charge in [0.15, 0.2) is 17.5 Å². The predicted molar refractivity (Wildman–Crippen MR) is 106 cm³/mol. The summed E-state index contributed by atoms with van der Waals surface area (Å²) in [5.74, 6) is -4.08. The first-order chi connectivity index (χ1) is 15.3. The summed E-state index contributed by atoms with van der Waals surface area (Å²) >= 11 is 5.85. The summed E-state index contributed by atoms with van der Waals surface area (Å²) in [6, 6.07) is 6.61. The third kappa shape index (κ3) is 4.35. The van der Waals surface area contributed by atoms with Crippen LogP contribution in [0.2, 0.25) is 5.02 Å². The highest BCUT2D eigenvalue weighted by Gasteiger charge is 2.48. The Bertz CT molecular complexity index is 989. The number of hydrazine groups is 1. The topological polar surface area (TPSA) is 109 Å². The van der Waals surface area contributed by atoms with Crippen LogP contribution >= 0.6 is 11.6 Å². The van der Waals surface area contributed by atoms with Gasteiger partial charge in [-0.3, -0.25) is 0 Å². The molecule has 0 aromatic heterocycles. The van der Waals surface area contributed by atoms with Gasteiger partial charge in [0, 0.05) is 11.2 Å². The van der Waals surface area contributed by atoms with E-state index in [0.717, 1.165) is 12.1 Å². The van der Waals surface area contributed by atoms with Crippen molar-refractivity contribution in [2.24, 2.45) is 0 Å². The van der Waals surface area contributed by atoms with Gasteiger partial charge in [0.25, 0.3) is 0 Å². The second-order valence-electron chi connectivity index (χ2n) is 7.16. The van der Waals surface area contributed by atoms with E-state index in [1.54, 1.807) is 24.3 Å². The SMILES string of the molecule is OCC1O[C@H](Oc2ccc(Cl)cc2)C(O)C(N2C=C(c3cc(F)c(F)c(F)c3)[N-]N2)[C@H]1O. The van der Waals surface area contributed by atoms with Gasteiger partial charge in [-0.2, -0.15) is 0 Å². The van der Waals surface area contributed by atoms with E-state index in [-0.39, 0.29) is 11.3 Å². The average molecular weight is 473 g/mol. The molecule has 2 aliphatic rings. The Morgan fingerprint density at radius 1 is 1.09 bits per heavy atom. The van der Waals surface area contributed by atoms with E-state index in [1.165, 1.54) is 11.2 Å². The molecule has 4 N–H and O–H groups in total. The maximum atomic E-state index is 13.6. The van der Waals surface area contributed by atoms with Gasteiger partial charge in [-0.1, -0.05) is 11.6 Å². The van der Waals surface area contributed by atoms with E-state index in [0.29, 0.717) is 10.8 Å². The molecular weight excluding hydrogens is 455 g/mol. The summed E-state index contributed by atoms with van der Waals surface area (Å²) in [6.07, 6.45) is -4.01. The summed E-state index contributed by atoms with van der Waals surface area (Å²) in [4.78, 5) is 0. The zero-order valence-corrected chi connectivity index (χ0v) is 17.0. The fraction of sp³-hybridized carbons (Fsp3) is 0.300. The smallest absolute Gasteiger partial charge is 0.228 e. The quantitative estimate of drug-likeness (QED) is 0.493. The van der Waals surface area contributed by atoms with Crippen LogP contribution in [0.25, 0.3) is 11.1 Å². The normalized spacial score (nSPS) is 27.8. The van der Waals surface area contributed by atoms with Gasteiger partial charge >= 0.3 is 0 Å². The van der Waals surface area contributed by atoms with Crippen LogP contribution in [-0.2, 0) is 4.74 Å². The molecule has 0 saturated carbocycles. The molecule has 12 heteroatoms. The van der Waals surface area contributed by atoms with Crippen LogP contribution in [0, 0.1) is 17.5 Å². The second-order valence-corrected chi connectivity index (χ2v) is 7.59. The summed E-state index contributed by atoms with van der Waals surface area (Å²) < 4.78 is 51.5. The molecule has 4 rings (SSSR count). The Kier molecular flexibility index (Phi) is 6.47. The van der Waals surface area contributed by atoms with Crippen molar-refractivity contribution in [2.75, 3.05) is 6.61 Å². The number of halogens is 4. The first-order valence-corrected chi connectivity index (χ1v) is 9.82. The van der Waals surface area contributed by atoms with Crippen LogP contribution in [0.5, 0.6) is 5.75 Å². The van der Waals surface area contributed by atoms with Crippen molar-refractivity contribution in [3.8, 4) is 5.75 Å². The van der Waals surface area contributed by atoms with Crippen LogP contribution < -0.4 is 10.3 Å². The molecule has 2 aromatic carbocycles. The number of ether oxygens (including phenoxy) is 2. The molecule has 2 heterocycles. The molecule has 2 aromatic rings. The molecule has 8 nitrogen and oxygen atoms in total. The van der Waals surface area contributed by atoms with E-state index in [4.69, 9.17) is 21.1 Å². The van der Waals surface area contributed by atoms with Crippen LogP contribution in [0.15, 0.2) is 42.6 Å². The average Bonchev–Trinajstić information content (AvgIpc) is 3.25. The summed E-state index contributed by atoms with van der Waals surface area (Å²) in [7, 11) is 0. The van der Waals surface area contributed by atoms with Crippen molar-refractivity contribution >= 4 is 17.3 Å². The van der Waals surface area contributed by atoms with E-state index in [1.807, 2.05) is 0 Å². The summed E-state index contributed by atoms with van der Waals surface area (Å²) in [5, 5.41) is 32.7. The van der Waals surface area contributed by atoms with Gasteiger partial charge < -0.3 is 40.8 Å². The van der Waals surface area contributed by atoms with Crippen molar-refractivity contribution in [3.63, 3.8) is 0 Å². The molecular formula is C20H18ClF3N3O5-. The molecule has 0 bridgehead atoms. The molecule has 1 fully saturated rings. The van der Waals surface area contributed by atoms with E-state index >= 15 is 0 Å². The molecule has 0 radical (unpaired) electrons. The zero-order chi connectivity index (χ0) is 23.0. The molecule has 0 aliphatic carbocycles. The van der Waals surface area contributed by atoms with Crippen LogP contribution in [0.1, 0.15) is 5.56 Å². The molecule has 0 spiro atoms. The standard InChI is InChI=1S/C20H18ClF3N3O5/c21-10-1-3-11(4-2-10)31-20-19(30)17(18(29)15(8-28)32-20)27-7-14(25-26-27)9-5-12(22)16(24)13(23)6-9/h1-7,15,17-20,26,28-30H,8H2/q-1/t15?,17?,18-,19?,20-/m0/s1. The summed E-state index contributed by atoms with van der Waals surface area (Å²) in [5.41, 5.74) is 6.38. The minimum absolute atomic E-state index is 0.0180. The fourth-order valence-corrected chi connectivity index (χ4v) is 3.56. The van der Waals surface area contributed by atoms with Gasteiger partial charge in [0.05, 0.1) is 6.61 Å². The Balaban J connectivity index is 1.58. The Labute approximate surface area is 185 Å². The number of aliphatic hydroxyl groups excluding tert-OH is 3. The number of nitrogens with zero attached hydrogens (tertiary/aromatic N) is 2. The fourth-order valence-electron chi connectivity index (χ4n) is 3.44. The molecule has 172 valence electrons. The number of hydrogen-bond acceptors (Lipinski definition) is 7. The zero-order valence-electron chi connectivity index (χ0n) is 16.2. The monoisotopic (exact) mass is 472 g/mol. The lowest BCUT2D eigenvalue weighted by atomic mass is 9.95. The van der Waals surface area contributed by atoms with Gasteiger partial charge in [-0.25, -0.2) is 13.2 Å². The van der Waals surface area contributed by atoms with Gasteiger partial charge in [-0.15, -0.1) is 5.70 Å². The maximum absolute atomic E-state index is 13.6. The molecule has 2 aliphatic heterocycles. The van der Waals surface area contributed by atoms with Crippen molar-refractivity contribution in [1.82, 2.24) is 10.5 Å². The lowest BCUT2D eigenvalue weighted by molar-refractivity contribution is -0.264. The first kappa shape index (κ1) is 22.6. The number of hydrogen-bond donors (Lipinski definition) is 4. The van der Waals surface area contributed by atoms with Crippen molar-refractivity contribution < 1.29 is 38.0 Å². The summed E-state index contributed by atoms with van der Waals surface area (Å²) in [6.45, 7) is -0.583. The maximum Gasteiger partial charge on any atom is 0.228 e. The van der Waals surface area contributed by atoms with E-state index in [9.17, 15) is 28.5 Å². The van der Waals surface area contributed by atoms with Gasteiger partial charge in [0.2, 0.25) is 6.29 Å². The predicted octanol–water partition coefficient (Wildman–Crippen LogP) is 2.05. The minimum Gasteiger partial charge on any atom is -0.602 e. The Morgan fingerprint density at radius 2 is 1.75 bits per heavy atom. The van der Waals surface area contributed by atoms with Gasteiger partial charge in [-0.05, 0) is 42.0 Å². The van der Waals surface area contributed by atoms with Crippen LogP contribution in [0.3, 0.4) is 0 Å². The van der Waals surface area contributed by atoms with Gasteiger partial charge in [0.1, 0.15) is 30.1 Å². The molecule has 1 saturated heterocycles. The molecule has 3 unspecified atom stereocenters.